The summed E-state index contributed by atoms with van der Waals surface area (Å²) in [5.41, 5.74) is 2.48. The van der Waals surface area contributed by atoms with Crippen molar-refractivity contribution in [2.75, 3.05) is 6.54 Å². The largest absolute Gasteiger partial charge is 0.508 e. The summed E-state index contributed by atoms with van der Waals surface area (Å²) < 4.78 is 5.23. The van der Waals surface area contributed by atoms with Crippen LogP contribution in [0.2, 0.25) is 0 Å². The first-order valence-corrected chi connectivity index (χ1v) is 6.40. The Morgan fingerprint density at radius 3 is 3.00 bits per heavy atom. The third kappa shape index (κ3) is 2.32. The van der Waals surface area contributed by atoms with Crippen LogP contribution in [0.25, 0.3) is 10.9 Å². The maximum atomic E-state index is 9.51. The van der Waals surface area contributed by atoms with Crippen molar-refractivity contribution in [1.82, 2.24) is 8.10 Å². The standard InChI is InChI=1S/C12H15IN2O/c1-15-8-9(3-2-6-14-13)11-7-10(16)4-5-12(11)15/h4-5,7-8,14,16H,2-3,6H2,1H3. The molecule has 0 aliphatic carbocycles. The lowest BCUT2D eigenvalue weighted by Crippen LogP contribution is -2.01. The van der Waals surface area contributed by atoms with Crippen LogP contribution < -0.4 is 3.53 Å². The Morgan fingerprint density at radius 2 is 2.25 bits per heavy atom. The van der Waals surface area contributed by atoms with E-state index >= 15 is 0 Å². The number of phenolic OH excluding ortho intramolecular Hbond substituents is 1. The second-order valence-corrected chi connectivity index (χ2v) is 4.72. The highest BCUT2D eigenvalue weighted by Crippen LogP contribution is 2.25. The second kappa shape index (κ2) is 5.05. The minimum Gasteiger partial charge on any atom is -0.508 e. The molecule has 1 heterocycles. The number of nitrogens with one attached hydrogen (secondary N) is 1. The molecule has 3 nitrogen and oxygen atoms in total. The number of nitrogens with zero attached hydrogens (tertiary/aromatic N) is 1. The Morgan fingerprint density at radius 1 is 1.44 bits per heavy atom. The number of benzene rings is 1. The van der Waals surface area contributed by atoms with Gasteiger partial charge < -0.3 is 9.67 Å². The summed E-state index contributed by atoms with van der Waals surface area (Å²) in [6.07, 6.45) is 4.30. The highest BCUT2D eigenvalue weighted by Gasteiger charge is 2.06. The number of phenols is 1. The fraction of sp³-hybridized carbons (Fsp3) is 0.333. The van der Waals surface area contributed by atoms with Crippen molar-refractivity contribution in [2.24, 2.45) is 7.05 Å². The number of aromatic nitrogens is 1. The molecule has 0 bridgehead atoms. The van der Waals surface area contributed by atoms with Crippen molar-refractivity contribution in [2.45, 2.75) is 12.8 Å². The zero-order valence-corrected chi connectivity index (χ0v) is 11.4. The van der Waals surface area contributed by atoms with Crippen LogP contribution in [0, 0.1) is 0 Å². The number of rotatable bonds is 4. The van der Waals surface area contributed by atoms with Crippen molar-refractivity contribution in [3.63, 3.8) is 0 Å². The van der Waals surface area contributed by atoms with Gasteiger partial charge in [0.1, 0.15) is 5.75 Å². The van der Waals surface area contributed by atoms with Crippen molar-refractivity contribution in [3.8, 4) is 5.75 Å². The molecule has 0 aliphatic heterocycles. The quantitative estimate of drug-likeness (QED) is 0.514. The van der Waals surface area contributed by atoms with Crippen molar-refractivity contribution in [3.05, 3.63) is 30.0 Å². The van der Waals surface area contributed by atoms with E-state index in [1.165, 1.54) is 11.1 Å². The van der Waals surface area contributed by atoms with E-state index in [1.807, 2.05) is 19.2 Å². The molecule has 2 rings (SSSR count). The predicted molar refractivity (Wildman–Crippen MR) is 74.9 cm³/mol. The van der Waals surface area contributed by atoms with Gasteiger partial charge in [-0.1, -0.05) is 0 Å². The third-order valence-electron chi connectivity index (χ3n) is 2.77. The number of hydrogen-bond donors (Lipinski definition) is 2. The van der Waals surface area contributed by atoms with E-state index in [1.54, 1.807) is 6.07 Å². The van der Waals surface area contributed by atoms with E-state index in [0.717, 1.165) is 24.8 Å². The van der Waals surface area contributed by atoms with Gasteiger partial charge in [-0.25, -0.2) is 0 Å². The molecule has 0 atom stereocenters. The Labute approximate surface area is 109 Å². The molecule has 0 unspecified atom stereocenters. The molecular weight excluding hydrogens is 315 g/mol. The van der Waals surface area contributed by atoms with Gasteiger partial charge in [-0.3, -0.25) is 3.53 Å². The molecule has 86 valence electrons. The Kier molecular flexibility index (Phi) is 3.70. The van der Waals surface area contributed by atoms with Crippen LogP contribution in [0.5, 0.6) is 5.75 Å². The molecular formula is C12H15IN2O. The summed E-state index contributed by atoms with van der Waals surface area (Å²) in [6.45, 7) is 1.01. The highest BCUT2D eigenvalue weighted by atomic mass is 127. The van der Waals surface area contributed by atoms with E-state index in [0.29, 0.717) is 5.75 Å². The van der Waals surface area contributed by atoms with Gasteiger partial charge in [0.2, 0.25) is 0 Å². The number of halogens is 1. The molecule has 0 radical (unpaired) electrons. The molecule has 2 aromatic rings. The molecule has 0 spiro atoms. The normalized spacial score (nSPS) is 11.1. The van der Waals surface area contributed by atoms with Gasteiger partial charge in [-0.2, -0.15) is 0 Å². The van der Waals surface area contributed by atoms with Gasteiger partial charge in [0.05, 0.1) is 0 Å². The minimum absolute atomic E-state index is 0.340. The Bertz CT molecular complexity index is 493. The topological polar surface area (TPSA) is 37.2 Å². The van der Waals surface area contributed by atoms with Crippen LogP contribution in [0.3, 0.4) is 0 Å². The zero-order valence-electron chi connectivity index (χ0n) is 9.20. The summed E-state index contributed by atoms with van der Waals surface area (Å²) in [5, 5.41) is 10.7. The van der Waals surface area contributed by atoms with Crippen molar-refractivity contribution in [1.29, 1.82) is 0 Å². The zero-order chi connectivity index (χ0) is 11.5. The molecule has 0 aliphatic rings. The summed E-state index contributed by atoms with van der Waals surface area (Å²) in [7, 11) is 2.04. The van der Waals surface area contributed by atoms with Crippen LogP contribution >= 0.6 is 22.9 Å². The number of aromatic hydroxyl groups is 1. The van der Waals surface area contributed by atoms with Gasteiger partial charge >= 0.3 is 0 Å². The molecule has 2 N–H and O–H groups in total. The van der Waals surface area contributed by atoms with Crippen LogP contribution in [0.1, 0.15) is 12.0 Å². The first-order chi connectivity index (χ1) is 7.72. The summed E-state index contributed by atoms with van der Waals surface area (Å²) in [4.78, 5) is 0. The molecule has 1 aromatic heterocycles. The van der Waals surface area contributed by atoms with Crippen LogP contribution in [-0.4, -0.2) is 16.2 Å². The van der Waals surface area contributed by atoms with Gasteiger partial charge in [0.15, 0.2) is 0 Å². The number of fused-ring (bicyclic) bond motifs is 1. The lowest BCUT2D eigenvalue weighted by molar-refractivity contribution is 0.476. The molecule has 4 heteroatoms. The van der Waals surface area contributed by atoms with E-state index < -0.39 is 0 Å². The minimum atomic E-state index is 0.340. The smallest absolute Gasteiger partial charge is 0.116 e. The van der Waals surface area contributed by atoms with E-state index in [4.69, 9.17) is 0 Å². The number of hydrogen-bond acceptors (Lipinski definition) is 2. The average molecular weight is 330 g/mol. The van der Waals surface area contributed by atoms with Gasteiger partial charge in [0.25, 0.3) is 0 Å². The van der Waals surface area contributed by atoms with Crippen LogP contribution in [0.4, 0.5) is 0 Å². The van der Waals surface area contributed by atoms with Crippen LogP contribution in [-0.2, 0) is 13.5 Å². The molecule has 1 aromatic carbocycles. The molecule has 0 saturated heterocycles. The van der Waals surface area contributed by atoms with Gasteiger partial charge in [0, 0.05) is 53.6 Å². The maximum Gasteiger partial charge on any atom is 0.116 e. The van der Waals surface area contributed by atoms with E-state index in [9.17, 15) is 5.11 Å². The molecule has 0 saturated carbocycles. The molecule has 16 heavy (non-hydrogen) atoms. The fourth-order valence-corrected chi connectivity index (χ4v) is 2.39. The van der Waals surface area contributed by atoms with Crippen molar-refractivity contribution < 1.29 is 5.11 Å². The predicted octanol–water partition coefficient (Wildman–Crippen LogP) is 2.76. The molecule has 0 fully saturated rings. The third-order valence-corrected chi connectivity index (χ3v) is 3.31. The monoisotopic (exact) mass is 330 g/mol. The first kappa shape index (κ1) is 11.7. The summed E-state index contributed by atoms with van der Waals surface area (Å²) in [5.74, 6) is 0.340. The van der Waals surface area contributed by atoms with Crippen molar-refractivity contribution >= 4 is 33.8 Å². The van der Waals surface area contributed by atoms with Crippen LogP contribution in [0.15, 0.2) is 24.4 Å². The van der Waals surface area contributed by atoms with Gasteiger partial charge in [-0.15, -0.1) is 0 Å². The molecule has 0 amide bonds. The summed E-state index contributed by atoms with van der Waals surface area (Å²) in [6, 6.07) is 5.55. The Balaban J connectivity index is 2.33. The average Bonchev–Trinajstić information content (AvgIpc) is 2.56. The lowest BCUT2D eigenvalue weighted by atomic mass is 10.1. The highest BCUT2D eigenvalue weighted by molar-refractivity contribution is 14.1. The lowest BCUT2D eigenvalue weighted by Gasteiger charge is -1.99. The number of aryl methyl sites for hydroxylation is 2. The fourth-order valence-electron chi connectivity index (χ4n) is 2.01. The maximum absolute atomic E-state index is 9.51. The second-order valence-electron chi connectivity index (χ2n) is 3.95. The summed E-state index contributed by atoms with van der Waals surface area (Å²) >= 11 is 2.16. The van der Waals surface area contributed by atoms with E-state index in [2.05, 4.69) is 37.2 Å². The first-order valence-electron chi connectivity index (χ1n) is 5.33. The SMILES string of the molecule is Cn1cc(CCCNI)c2cc(O)ccc21. The van der Waals surface area contributed by atoms with Gasteiger partial charge in [-0.05, 0) is 36.6 Å². The Hall–Kier alpha value is -0.750. The van der Waals surface area contributed by atoms with E-state index in [-0.39, 0.29) is 0 Å².